The molecular weight excluding hydrogens is 196 g/mol. The average molecular weight is 210 g/mol. The van der Waals surface area contributed by atoms with E-state index in [4.69, 9.17) is 4.98 Å². The fourth-order valence-corrected chi connectivity index (χ4v) is 2.32. The molecule has 1 aromatic carbocycles. The van der Waals surface area contributed by atoms with Gasteiger partial charge in [0.05, 0.1) is 11.0 Å². The van der Waals surface area contributed by atoms with Gasteiger partial charge < -0.3 is 4.98 Å². The van der Waals surface area contributed by atoms with E-state index in [0.717, 1.165) is 11.2 Å². The van der Waals surface area contributed by atoms with Crippen LogP contribution in [0.1, 0.15) is 17.0 Å². The number of nitrogens with zero attached hydrogens (tertiary/aromatic N) is 1. The highest BCUT2D eigenvalue weighted by molar-refractivity contribution is 6.05. The lowest BCUT2D eigenvalue weighted by Crippen LogP contribution is -1.88. The molecule has 1 N–H and O–H groups in total. The quantitative estimate of drug-likeness (QED) is 0.603. The lowest BCUT2D eigenvalue weighted by Gasteiger charge is -2.04. The Morgan fingerprint density at radius 3 is 2.69 bits per heavy atom. The highest BCUT2D eigenvalue weighted by Crippen LogP contribution is 2.27. The number of aromatic nitrogens is 2. The number of pyridine rings is 1. The van der Waals surface area contributed by atoms with Crippen molar-refractivity contribution in [3.05, 3.63) is 41.2 Å². The first-order valence-corrected chi connectivity index (χ1v) is 5.52. The van der Waals surface area contributed by atoms with Gasteiger partial charge in [0, 0.05) is 22.2 Å². The van der Waals surface area contributed by atoms with Crippen molar-refractivity contribution in [1.29, 1.82) is 0 Å². The van der Waals surface area contributed by atoms with Gasteiger partial charge in [0.1, 0.15) is 0 Å². The highest BCUT2D eigenvalue weighted by Gasteiger charge is 2.08. The molecule has 0 aliphatic heterocycles. The normalized spacial score (nSPS) is 11.4. The average Bonchev–Trinajstić information content (AvgIpc) is 2.63. The summed E-state index contributed by atoms with van der Waals surface area (Å²) in [5.74, 6) is 0. The first kappa shape index (κ1) is 9.40. The van der Waals surface area contributed by atoms with Crippen molar-refractivity contribution in [2.45, 2.75) is 20.8 Å². The van der Waals surface area contributed by atoms with E-state index in [1.165, 1.54) is 27.5 Å². The van der Waals surface area contributed by atoms with Crippen molar-refractivity contribution in [2.24, 2.45) is 0 Å². The summed E-state index contributed by atoms with van der Waals surface area (Å²) < 4.78 is 0. The van der Waals surface area contributed by atoms with Crippen molar-refractivity contribution < 1.29 is 0 Å². The second-order valence-electron chi connectivity index (χ2n) is 4.41. The second kappa shape index (κ2) is 3.08. The smallest absolute Gasteiger partial charge is 0.0755 e. The predicted octanol–water partition coefficient (Wildman–Crippen LogP) is 3.64. The molecule has 0 amide bonds. The number of para-hydroxylation sites is 1. The van der Waals surface area contributed by atoms with Gasteiger partial charge >= 0.3 is 0 Å². The molecule has 0 spiro atoms. The van der Waals surface area contributed by atoms with Gasteiger partial charge in [-0.25, -0.2) is 0 Å². The molecular formula is C14H14N2. The Morgan fingerprint density at radius 2 is 1.88 bits per heavy atom. The molecule has 0 atom stereocenters. The lowest BCUT2D eigenvalue weighted by molar-refractivity contribution is 1.27. The number of hydrogen-bond donors (Lipinski definition) is 1. The standard InChI is InChI=1S/C14H14N2/c1-8-5-4-6-11-13(8)16-10(3)12-7-9(2)15-14(11)12/h4-7,15H,1-3H3. The first-order chi connectivity index (χ1) is 7.66. The topological polar surface area (TPSA) is 28.7 Å². The fourth-order valence-electron chi connectivity index (χ4n) is 2.32. The van der Waals surface area contributed by atoms with Crippen LogP contribution in [0.4, 0.5) is 0 Å². The minimum atomic E-state index is 1.10. The van der Waals surface area contributed by atoms with Crippen LogP contribution < -0.4 is 0 Å². The molecule has 3 rings (SSSR count). The number of fused-ring (bicyclic) bond motifs is 3. The van der Waals surface area contributed by atoms with Crippen LogP contribution in [0.25, 0.3) is 21.8 Å². The Morgan fingerprint density at radius 1 is 1.06 bits per heavy atom. The van der Waals surface area contributed by atoms with Gasteiger partial charge in [0.2, 0.25) is 0 Å². The SMILES string of the molecule is Cc1cc2c(C)nc3c(C)cccc3c2[nH]1. The zero-order chi connectivity index (χ0) is 11.3. The maximum atomic E-state index is 4.70. The summed E-state index contributed by atoms with van der Waals surface area (Å²) in [6, 6.07) is 8.49. The molecule has 2 heteroatoms. The molecule has 0 unspecified atom stereocenters. The van der Waals surface area contributed by atoms with Crippen LogP contribution in [0, 0.1) is 20.8 Å². The summed E-state index contributed by atoms with van der Waals surface area (Å²) >= 11 is 0. The van der Waals surface area contributed by atoms with Crippen LogP contribution >= 0.6 is 0 Å². The molecule has 0 aliphatic rings. The van der Waals surface area contributed by atoms with E-state index >= 15 is 0 Å². The number of benzene rings is 1. The summed E-state index contributed by atoms with van der Waals surface area (Å²) in [4.78, 5) is 8.13. The number of rotatable bonds is 0. The molecule has 0 saturated heterocycles. The van der Waals surface area contributed by atoms with Gasteiger partial charge in [-0.1, -0.05) is 18.2 Å². The largest absolute Gasteiger partial charge is 0.358 e. The van der Waals surface area contributed by atoms with Crippen molar-refractivity contribution in [3.63, 3.8) is 0 Å². The highest BCUT2D eigenvalue weighted by atomic mass is 14.8. The Kier molecular flexibility index (Phi) is 1.81. The Labute approximate surface area is 94.3 Å². The molecule has 0 radical (unpaired) electrons. The Balaban J connectivity index is 2.63. The van der Waals surface area contributed by atoms with E-state index in [9.17, 15) is 0 Å². The van der Waals surface area contributed by atoms with Gasteiger partial charge in [0.25, 0.3) is 0 Å². The number of aryl methyl sites for hydroxylation is 3. The van der Waals surface area contributed by atoms with Gasteiger partial charge in [0.15, 0.2) is 0 Å². The van der Waals surface area contributed by atoms with Crippen molar-refractivity contribution in [2.75, 3.05) is 0 Å². The number of H-pyrrole nitrogens is 1. The van der Waals surface area contributed by atoms with Crippen molar-refractivity contribution in [3.8, 4) is 0 Å². The molecule has 0 bridgehead atoms. The molecule has 2 aromatic heterocycles. The number of aromatic amines is 1. The fraction of sp³-hybridized carbons (Fsp3) is 0.214. The van der Waals surface area contributed by atoms with Crippen LogP contribution in [-0.2, 0) is 0 Å². The third-order valence-electron chi connectivity index (χ3n) is 3.13. The molecule has 16 heavy (non-hydrogen) atoms. The van der Waals surface area contributed by atoms with Gasteiger partial charge in [-0.05, 0) is 32.4 Å². The van der Waals surface area contributed by atoms with E-state index in [1.54, 1.807) is 0 Å². The first-order valence-electron chi connectivity index (χ1n) is 5.52. The lowest BCUT2D eigenvalue weighted by atomic mass is 10.1. The number of hydrogen-bond acceptors (Lipinski definition) is 1. The summed E-state index contributed by atoms with van der Waals surface area (Å²) in [5.41, 5.74) is 5.84. The monoisotopic (exact) mass is 210 g/mol. The van der Waals surface area contributed by atoms with E-state index in [-0.39, 0.29) is 0 Å². The maximum Gasteiger partial charge on any atom is 0.0755 e. The third kappa shape index (κ3) is 1.16. The zero-order valence-corrected chi connectivity index (χ0v) is 9.76. The van der Waals surface area contributed by atoms with Crippen molar-refractivity contribution in [1.82, 2.24) is 9.97 Å². The summed E-state index contributed by atoms with van der Waals surface area (Å²) in [6.07, 6.45) is 0. The van der Waals surface area contributed by atoms with Crippen LogP contribution in [0.2, 0.25) is 0 Å². The molecule has 0 saturated carbocycles. The molecule has 2 heterocycles. The Hall–Kier alpha value is -1.83. The van der Waals surface area contributed by atoms with E-state index in [2.05, 4.69) is 50.0 Å². The van der Waals surface area contributed by atoms with Crippen LogP contribution in [0.15, 0.2) is 24.3 Å². The predicted molar refractivity (Wildman–Crippen MR) is 67.8 cm³/mol. The molecule has 0 fully saturated rings. The minimum absolute atomic E-state index is 1.10. The molecule has 0 aliphatic carbocycles. The summed E-state index contributed by atoms with van der Waals surface area (Å²) in [6.45, 7) is 6.26. The zero-order valence-electron chi connectivity index (χ0n) is 9.76. The van der Waals surface area contributed by atoms with Crippen LogP contribution in [0.5, 0.6) is 0 Å². The second-order valence-corrected chi connectivity index (χ2v) is 4.41. The molecule has 80 valence electrons. The van der Waals surface area contributed by atoms with Crippen LogP contribution in [0.3, 0.4) is 0 Å². The van der Waals surface area contributed by atoms with E-state index < -0.39 is 0 Å². The molecule has 2 nitrogen and oxygen atoms in total. The molecule has 3 aromatic rings. The summed E-state index contributed by atoms with van der Waals surface area (Å²) in [7, 11) is 0. The number of nitrogens with one attached hydrogen (secondary N) is 1. The summed E-state index contributed by atoms with van der Waals surface area (Å²) in [5, 5.41) is 2.45. The van der Waals surface area contributed by atoms with Gasteiger partial charge in [-0.15, -0.1) is 0 Å². The van der Waals surface area contributed by atoms with Gasteiger partial charge in [-0.2, -0.15) is 0 Å². The maximum absolute atomic E-state index is 4.70. The van der Waals surface area contributed by atoms with Crippen molar-refractivity contribution >= 4 is 21.8 Å². The minimum Gasteiger partial charge on any atom is -0.358 e. The van der Waals surface area contributed by atoms with Gasteiger partial charge in [-0.3, -0.25) is 4.98 Å². The third-order valence-corrected chi connectivity index (χ3v) is 3.13. The Bertz CT molecular complexity index is 693. The van der Waals surface area contributed by atoms with E-state index in [0.29, 0.717) is 0 Å². The van der Waals surface area contributed by atoms with E-state index in [1.807, 2.05) is 0 Å². The van der Waals surface area contributed by atoms with Crippen LogP contribution in [-0.4, -0.2) is 9.97 Å².